The first kappa shape index (κ1) is 7.50. The quantitative estimate of drug-likeness (QED) is 0.332. The Hall–Kier alpha value is 0.505. The summed E-state index contributed by atoms with van der Waals surface area (Å²) in [5, 5.41) is 0. The van der Waals surface area contributed by atoms with Gasteiger partial charge in [0, 0.05) is 0 Å². The maximum atomic E-state index is 10.4. The van der Waals surface area contributed by atoms with Crippen LogP contribution in [0.1, 0.15) is 6.92 Å². The molecule has 0 heterocycles. The van der Waals surface area contributed by atoms with Gasteiger partial charge in [0.1, 0.15) is 0 Å². The molecule has 0 aliphatic rings. The van der Waals surface area contributed by atoms with E-state index in [4.69, 9.17) is 7.74 Å². The summed E-state index contributed by atoms with van der Waals surface area (Å²) in [6.07, 6.45) is 1.47. The van der Waals surface area contributed by atoms with Gasteiger partial charge in [-0.2, -0.15) is 0 Å². The standard InChI is InChI=1S/C2H5B3OS/c1-2-7(6)5-4-3/h2H2,1H3. The van der Waals surface area contributed by atoms with E-state index in [1.807, 2.05) is 6.92 Å². The zero-order chi connectivity index (χ0) is 5.70. The second-order valence-electron chi connectivity index (χ2n) is 0.998. The van der Waals surface area contributed by atoms with Crippen molar-refractivity contribution in [1.29, 1.82) is 0 Å². The second-order valence-corrected chi connectivity index (χ2v) is 2.61. The Labute approximate surface area is 49.5 Å². The van der Waals surface area contributed by atoms with Crippen LogP contribution in [0.2, 0.25) is 0 Å². The van der Waals surface area contributed by atoms with Gasteiger partial charge in [-0.05, 0) is 0 Å². The van der Waals surface area contributed by atoms with E-state index in [0.29, 0.717) is 5.75 Å². The van der Waals surface area contributed by atoms with Gasteiger partial charge in [0.2, 0.25) is 0 Å². The molecule has 1 unspecified atom stereocenters. The molecule has 0 aromatic heterocycles. The third-order valence-corrected chi connectivity index (χ3v) is 1.54. The minimum atomic E-state index is -0.833. The number of hydrogen-bond acceptors (Lipinski definition) is 1. The van der Waals surface area contributed by atoms with Crippen molar-refractivity contribution in [3.05, 3.63) is 0 Å². The van der Waals surface area contributed by atoms with Gasteiger partial charge in [0.05, 0.1) is 0 Å². The monoisotopic (exact) mass is 110 g/mol. The molecule has 0 amide bonds. The van der Waals surface area contributed by atoms with E-state index in [2.05, 4.69) is 0 Å². The molecule has 0 aromatic carbocycles. The zero-order valence-electron chi connectivity index (χ0n) is 4.26. The Morgan fingerprint density at radius 2 is 2.43 bits per heavy atom. The summed E-state index contributed by atoms with van der Waals surface area (Å²) in [7, 11) is 4.93. The molecule has 2 radical (unpaired) electrons. The fraction of sp³-hybridized carbons (Fsp3) is 1.00. The Balaban J connectivity index is 3.16. The Bertz CT molecular complexity index is 66.0. The van der Waals surface area contributed by atoms with Gasteiger partial charge >= 0.3 is 48.8 Å². The van der Waals surface area contributed by atoms with Crippen molar-refractivity contribution < 1.29 is 4.55 Å². The summed E-state index contributed by atoms with van der Waals surface area (Å²) in [5.74, 6) is 0.647. The Kier molecular flexibility index (Phi) is 4.99. The van der Waals surface area contributed by atoms with Crippen molar-refractivity contribution in [2.24, 2.45) is 0 Å². The molecule has 5 heteroatoms. The van der Waals surface area contributed by atoms with Crippen molar-refractivity contribution in [2.75, 3.05) is 5.75 Å². The molecule has 0 spiro atoms. The van der Waals surface area contributed by atoms with Crippen LogP contribution in [0.15, 0.2) is 0 Å². The van der Waals surface area contributed by atoms with Crippen LogP contribution in [0.25, 0.3) is 0 Å². The van der Waals surface area contributed by atoms with Gasteiger partial charge in [-0.15, -0.1) is 0 Å². The van der Waals surface area contributed by atoms with E-state index in [9.17, 15) is 4.55 Å². The predicted molar refractivity (Wildman–Crippen MR) is 35.9 cm³/mol. The Morgan fingerprint density at radius 1 is 1.86 bits per heavy atom. The molecule has 0 rings (SSSR count). The topological polar surface area (TPSA) is 23.1 Å². The summed E-state index contributed by atoms with van der Waals surface area (Å²) in [4.78, 5) is 0. The minimum absolute atomic E-state index is 0.647. The van der Waals surface area contributed by atoms with Crippen LogP contribution in [0.5, 0.6) is 0 Å². The molecule has 0 aliphatic carbocycles. The number of rotatable bonds is 2. The molecule has 1 nitrogen and oxygen atoms in total. The van der Waals surface area contributed by atoms with Crippen molar-refractivity contribution in [2.45, 2.75) is 6.92 Å². The molecule has 0 bridgehead atoms. The van der Waals surface area contributed by atoms with Crippen molar-refractivity contribution in [3.8, 4) is 0 Å². The van der Waals surface area contributed by atoms with E-state index < -0.39 is 11.0 Å². The normalized spacial score (nSPS) is 12.9. The summed E-state index contributed by atoms with van der Waals surface area (Å²) in [6, 6.07) is 0. The summed E-state index contributed by atoms with van der Waals surface area (Å²) >= 11 is -0.833. The van der Waals surface area contributed by atoms with Gasteiger partial charge in [-0.1, -0.05) is 0 Å². The van der Waals surface area contributed by atoms with Crippen LogP contribution in [0, 0.1) is 0 Å². The van der Waals surface area contributed by atoms with Crippen LogP contribution in [-0.2, 0) is 11.0 Å². The van der Waals surface area contributed by atoms with Gasteiger partial charge < -0.3 is 0 Å². The van der Waals surface area contributed by atoms with Gasteiger partial charge in [-0.3, -0.25) is 0 Å². The van der Waals surface area contributed by atoms with E-state index in [0.717, 1.165) is 0 Å². The second kappa shape index (κ2) is 4.66. The van der Waals surface area contributed by atoms with E-state index >= 15 is 0 Å². The van der Waals surface area contributed by atoms with Crippen molar-refractivity contribution >= 4 is 31.5 Å². The van der Waals surface area contributed by atoms with Gasteiger partial charge in [-0.25, -0.2) is 0 Å². The maximum absolute atomic E-state index is 10.4. The van der Waals surface area contributed by atoms with Crippen molar-refractivity contribution in [3.63, 3.8) is 0 Å². The van der Waals surface area contributed by atoms with Crippen LogP contribution in [0.3, 0.4) is 0 Å². The summed E-state index contributed by atoms with van der Waals surface area (Å²) in [5.41, 5.74) is 0. The molecule has 0 aliphatic heterocycles. The molecule has 1 atom stereocenters. The third-order valence-electron chi connectivity index (χ3n) is 0.515. The number of hydrogen-bond donors (Lipinski definition) is 0. The average Bonchev–Trinajstić information content (AvgIpc) is 1.68. The third kappa shape index (κ3) is 4.36. The molecule has 0 aromatic rings. The summed E-state index contributed by atoms with van der Waals surface area (Å²) < 4.78 is 10.4. The SMILES string of the molecule is [B]B=B[S+]([O-])CC. The molecule has 0 saturated heterocycles. The molecule has 34 valence electrons. The average molecular weight is 110 g/mol. The van der Waals surface area contributed by atoms with E-state index in [-0.39, 0.29) is 0 Å². The van der Waals surface area contributed by atoms with E-state index in [1.165, 1.54) is 12.8 Å². The van der Waals surface area contributed by atoms with Crippen LogP contribution in [-0.4, -0.2) is 30.8 Å². The molecule has 0 fully saturated rings. The fourth-order valence-corrected chi connectivity index (χ4v) is 0.552. The molecular formula is C2H5B3OS. The molecule has 0 saturated carbocycles. The molecule has 0 N–H and O–H groups in total. The Morgan fingerprint density at radius 3 is 2.57 bits per heavy atom. The van der Waals surface area contributed by atoms with Crippen LogP contribution < -0.4 is 0 Å². The predicted octanol–water partition coefficient (Wildman–Crippen LogP) is -0.923. The van der Waals surface area contributed by atoms with E-state index in [1.54, 1.807) is 0 Å². The first-order chi connectivity index (χ1) is 3.31. The van der Waals surface area contributed by atoms with Crippen LogP contribution >= 0.6 is 0 Å². The first-order valence-corrected chi connectivity index (χ1v) is 3.45. The van der Waals surface area contributed by atoms with Crippen LogP contribution in [0.4, 0.5) is 0 Å². The van der Waals surface area contributed by atoms with Gasteiger partial charge in [0.25, 0.3) is 0 Å². The zero-order valence-corrected chi connectivity index (χ0v) is 5.07. The van der Waals surface area contributed by atoms with Gasteiger partial charge in [0.15, 0.2) is 0 Å². The molecular weight excluding hydrogens is 105 g/mol. The summed E-state index contributed by atoms with van der Waals surface area (Å²) in [6.45, 7) is 3.15. The first-order valence-electron chi connectivity index (χ1n) is 2.06. The fourth-order valence-electron chi connectivity index (χ4n) is 0.184. The molecule has 7 heavy (non-hydrogen) atoms. The van der Waals surface area contributed by atoms with Crippen molar-refractivity contribution in [1.82, 2.24) is 0 Å².